The molecule has 1 aromatic carbocycles. The topological polar surface area (TPSA) is 68.0 Å². The van der Waals surface area contributed by atoms with Gasteiger partial charge in [0.05, 0.1) is 17.4 Å². The number of aromatic nitrogens is 1. The number of nitrogens with one attached hydrogen (secondary N) is 1. The lowest BCUT2D eigenvalue weighted by Crippen LogP contribution is -2.25. The maximum Gasteiger partial charge on any atom is 0.262 e. The van der Waals surface area contributed by atoms with E-state index in [1.165, 1.54) is 50.7 Å². The molecule has 0 radical (unpaired) electrons. The van der Waals surface area contributed by atoms with Gasteiger partial charge in [-0.05, 0) is 56.7 Å². The molecule has 2 aliphatic carbocycles. The van der Waals surface area contributed by atoms with Crippen molar-refractivity contribution in [3.05, 3.63) is 28.4 Å². The highest BCUT2D eigenvalue weighted by Crippen LogP contribution is 2.33. The standard InChI is InChI=1S/C22H26N4O2S/c27-21-13-28-20-11-10-15(12-18(20)24-21)19-14-29-22(23-16-6-2-1-3-7-16)26(19)25-17-8-4-5-9-17/h10-12,14,16H,1-9,13H2,(H,24,27). The first-order valence-electron chi connectivity index (χ1n) is 10.6. The molecule has 3 aliphatic rings. The number of anilines is 1. The first kappa shape index (κ1) is 18.6. The van der Waals surface area contributed by atoms with E-state index >= 15 is 0 Å². The highest BCUT2D eigenvalue weighted by Gasteiger charge is 2.19. The minimum atomic E-state index is -0.118. The van der Waals surface area contributed by atoms with Gasteiger partial charge in [-0.15, -0.1) is 11.3 Å². The van der Waals surface area contributed by atoms with E-state index in [9.17, 15) is 4.79 Å². The molecule has 1 N–H and O–H groups in total. The smallest absolute Gasteiger partial charge is 0.262 e. The number of carbonyl (C=O) groups is 1. The van der Waals surface area contributed by atoms with E-state index in [1.54, 1.807) is 11.3 Å². The number of rotatable bonds is 3. The van der Waals surface area contributed by atoms with Crippen molar-refractivity contribution in [3.8, 4) is 17.0 Å². The van der Waals surface area contributed by atoms with Crippen molar-refractivity contribution in [1.29, 1.82) is 0 Å². The van der Waals surface area contributed by atoms with Crippen LogP contribution in [0.25, 0.3) is 11.3 Å². The van der Waals surface area contributed by atoms with Crippen LogP contribution in [-0.4, -0.2) is 28.9 Å². The monoisotopic (exact) mass is 410 g/mol. The van der Waals surface area contributed by atoms with Crippen LogP contribution in [0.1, 0.15) is 57.8 Å². The molecular weight excluding hydrogens is 384 g/mol. The Morgan fingerprint density at radius 2 is 1.93 bits per heavy atom. The Hall–Kier alpha value is -2.41. The van der Waals surface area contributed by atoms with Crippen molar-refractivity contribution in [2.24, 2.45) is 10.1 Å². The van der Waals surface area contributed by atoms with Crippen molar-refractivity contribution in [2.45, 2.75) is 63.8 Å². The minimum Gasteiger partial charge on any atom is -0.482 e. The lowest BCUT2D eigenvalue weighted by molar-refractivity contribution is -0.118. The third-order valence-electron chi connectivity index (χ3n) is 5.88. The summed E-state index contributed by atoms with van der Waals surface area (Å²) in [7, 11) is 0. The Morgan fingerprint density at radius 3 is 2.76 bits per heavy atom. The van der Waals surface area contributed by atoms with Gasteiger partial charge in [-0.3, -0.25) is 9.79 Å². The van der Waals surface area contributed by atoms with E-state index in [4.69, 9.17) is 14.8 Å². The molecule has 0 spiro atoms. The van der Waals surface area contributed by atoms with Gasteiger partial charge in [0.2, 0.25) is 4.80 Å². The summed E-state index contributed by atoms with van der Waals surface area (Å²) in [6, 6.07) is 6.34. The Balaban J connectivity index is 1.57. The van der Waals surface area contributed by atoms with Crippen LogP contribution in [0.5, 0.6) is 5.75 Å². The molecule has 0 atom stereocenters. The van der Waals surface area contributed by atoms with Gasteiger partial charge in [0, 0.05) is 16.7 Å². The maximum absolute atomic E-state index is 11.7. The highest BCUT2D eigenvalue weighted by atomic mass is 32.1. The van der Waals surface area contributed by atoms with Crippen LogP contribution in [0.4, 0.5) is 5.69 Å². The summed E-state index contributed by atoms with van der Waals surface area (Å²) in [5.74, 6) is 0.594. The van der Waals surface area contributed by atoms with Crippen LogP contribution < -0.4 is 14.9 Å². The number of hydrogen-bond acceptors (Lipinski definition) is 5. The second kappa shape index (κ2) is 8.14. The molecule has 2 aromatic rings. The lowest BCUT2D eigenvalue weighted by Gasteiger charge is -2.18. The fraction of sp³-hybridized carbons (Fsp3) is 0.500. The van der Waals surface area contributed by atoms with Crippen molar-refractivity contribution in [1.82, 2.24) is 4.68 Å². The average molecular weight is 411 g/mol. The van der Waals surface area contributed by atoms with Crippen LogP contribution in [0, 0.1) is 0 Å². The van der Waals surface area contributed by atoms with Crippen molar-refractivity contribution < 1.29 is 9.53 Å². The summed E-state index contributed by atoms with van der Waals surface area (Å²) in [5.41, 5.74) is 4.00. The molecular formula is C22H26N4O2S. The van der Waals surface area contributed by atoms with E-state index in [2.05, 4.69) is 10.7 Å². The molecule has 6 nitrogen and oxygen atoms in total. The summed E-state index contributed by atoms with van der Waals surface area (Å²) in [6.45, 7) is 0.0723. The Labute approximate surface area is 174 Å². The van der Waals surface area contributed by atoms with E-state index in [-0.39, 0.29) is 12.5 Å². The van der Waals surface area contributed by atoms with Crippen LogP contribution >= 0.6 is 11.3 Å². The van der Waals surface area contributed by atoms with E-state index in [0.717, 1.165) is 34.6 Å². The van der Waals surface area contributed by atoms with Crippen molar-refractivity contribution in [2.75, 3.05) is 11.9 Å². The molecule has 2 fully saturated rings. The van der Waals surface area contributed by atoms with E-state index in [0.29, 0.717) is 11.8 Å². The zero-order valence-electron chi connectivity index (χ0n) is 16.5. The lowest BCUT2D eigenvalue weighted by atomic mass is 9.96. The first-order valence-corrected chi connectivity index (χ1v) is 11.5. The van der Waals surface area contributed by atoms with Gasteiger partial charge in [-0.2, -0.15) is 5.10 Å². The molecule has 152 valence electrons. The quantitative estimate of drug-likeness (QED) is 0.806. The molecule has 1 aliphatic heterocycles. The molecule has 0 bridgehead atoms. The summed E-state index contributed by atoms with van der Waals surface area (Å²) >= 11 is 1.66. The largest absolute Gasteiger partial charge is 0.482 e. The summed E-state index contributed by atoms with van der Waals surface area (Å²) in [6.07, 6.45) is 10.8. The van der Waals surface area contributed by atoms with Crippen molar-refractivity contribution in [3.63, 3.8) is 0 Å². The summed E-state index contributed by atoms with van der Waals surface area (Å²) < 4.78 is 7.54. The Kier molecular flexibility index (Phi) is 5.23. The maximum atomic E-state index is 11.7. The number of carbonyl (C=O) groups excluding carboxylic acids is 1. The molecule has 5 rings (SSSR count). The van der Waals surface area contributed by atoms with Crippen LogP contribution in [0.15, 0.2) is 33.7 Å². The Bertz CT molecular complexity index is 1010. The van der Waals surface area contributed by atoms with Gasteiger partial charge >= 0.3 is 0 Å². The van der Waals surface area contributed by atoms with Gasteiger partial charge in [0.25, 0.3) is 5.91 Å². The fourth-order valence-electron chi connectivity index (χ4n) is 4.32. The molecule has 2 heterocycles. The second-order valence-corrected chi connectivity index (χ2v) is 8.89. The predicted octanol–water partition coefficient (Wildman–Crippen LogP) is 4.56. The number of hydrogen-bond donors (Lipinski definition) is 1. The number of thiazole rings is 1. The van der Waals surface area contributed by atoms with Crippen LogP contribution in [0.2, 0.25) is 0 Å². The third-order valence-corrected chi connectivity index (χ3v) is 6.71. The van der Waals surface area contributed by atoms with Gasteiger partial charge in [-0.25, -0.2) is 4.68 Å². The molecule has 1 amide bonds. The number of fused-ring (bicyclic) bond motifs is 1. The predicted molar refractivity (Wildman–Crippen MR) is 116 cm³/mol. The third kappa shape index (κ3) is 4.01. The SMILES string of the molecule is O=C1COc2ccc(-c3csc(=NC4CCCCC4)n3N=C3CCCC3)cc2N1. The normalized spacial score (nSPS) is 20.3. The Morgan fingerprint density at radius 1 is 1.10 bits per heavy atom. The highest BCUT2D eigenvalue weighted by molar-refractivity contribution is 7.07. The number of ether oxygens (including phenoxy) is 1. The molecule has 0 saturated heterocycles. The van der Waals surface area contributed by atoms with Crippen LogP contribution in [-0.2, 0) is 4.79 Å². The van der Waals surface area contributed by atoms with E-state index in [1.807, 2.05) is 22.9 Å². The van der Waals surface area contributed by atoms with Gasteiger partial charge in [0.15, 0.2) is 6.61 Å². The number of amides is 1. The zero-order chi connectivity index (χ0) is 19.6. The molecule has 7 heteroatoms. The molecule has 2 saturated carbocycles. The first-order chi connectivity index (χ1) is 14.3. The zero-order valence-corrected chi connectivity index (χ0v) is 17.3. The van der Waals surface area contributed by atoms with Gasteiger partial charge < -0.3 is 10.1 Å². The fourth-order valence-corrected chi connectivity index (χ4v) is 5.22. The number of nitrogens with zero attached hydrogens (tertiary/aromatic N) is 3. The summed E-state index contributed by atoms with van der Waals surface area (Å²) in [4.78, 5) is 17.8. The minimum absolute atomic E-state index is 0.0723. The van der Waals surface area contributed by atoms with Crippen molar-refractivity contribution >= 4 is 28.6 Å². The number of benzene rings is 1. The van der Waals surface area contributed by atoms with Crippen LogP contribution in [0.3, 0.4) is 0 Å². The van der Waals surface area contributed by atoms with E-state index < -0.39 is 0 Å². The van der Waals surface area contributed by atoms with Gasteiger partial charge in [-0.1, -0.05) is 19.3 Å². The summed E-state index contributed by atoms with van der Waals surface area (Å²) in [5, 5.41) is 10.1. The molecule has 1 aromatic heterocycles. The molecule has 0 unspecified atom stereocenters. The molecule has 29 heavy (non-hydrogen) atoms. The van der Waals surface area contributed by atoms with Gasteiger partial charge in [0.1, 0.15) is 5.75 Å². The second-order valence-electron chi connectivity index (χ2n) is 8.06. The average Bonchev–Trinajstić information content (AvgIpc) is 3.39.